The fraction of sp³-hybridized carbons (Fsp3) is 1.00. The summed E-state index contributed by atoms with van der Waals surface area (Å²) < 4.78 is 0. The molecule has 0 aromatic carbocycles. The Labute approximate surface area is 126 Å². The van der Waals surface area contributed by atoms with Crippen LogP contribution < -0.4 is 5.73 Å². The molecule has 0 atom stereocenters. The summed E-state index contributed by atoms with van der Waals surface area (Å²) in [4.78, 5) is 5.30. The predicted molar refractivity (Wildman–Crippen MR) is 89.0 cm³/mol. The van der Waals surface area contributed by atoms with Crippen molar-refractivity contribution in [3.63, 3.8) is 0 Å². The lowest BCUT2D eigenvalue weighted by molar-refractivity contribution is -0.00401. The molecule has 0 aliphatic carbocycles. The van der Waals surface area contributed by atoms with Crippen LogP contribution in [0.5, 0.6) is 0 Å². The largest absolute Gasteiger partial charge is 0.329 e. The zero-order valence-corrected chi connectivity index (χ0v) is 14.7. The van der Waals surface area contributed by atoms with Gasteiger partial charge in [-0.05, 0) is 51.6 Å². The van der Waals surface area contributed by atoms with Crippen molar-refractivity contribution in [3.05, 3.63) is 0 Å². The predicted octanol–water partition coefficient (Wildman–Crippen LogP) is 2.80. The highest BCUT2D eigenvalue weighted by molar-refractivity contribution is 4.97. The Hall–Kier alpha value is -0.120. The lowest BCUT2D eigenvalue weighted by atomic mass is 9.83. The molecule has 0 spiro atoms. The first kappa shape index (κ1) is 17.9. The molecule has 0 saturated carbocycles. The molecule has 120 valence electrons. The first-order valence-corrected chi connectivity index (χ1v) is 8.50. The van der Waals surface area contributed by atoms with Gasteiger partial charge in [0, 0.05) is 31.2 Å². The second-order valence-corrected chi connectivity index (χ2v) is 7.76. The molecule has 1 aliphatic rings. The van der Waals surface area contributed by atoms with E-state index < -0.39 is 0 Å². The van der Waals surface area contributed by atoms with Crippen molar-refractivity contribution in [2.24, 2.45) is 17.6 Å². The Kier molecular flexibility index (Phi) is 6.96. The Bertz CT molecular complexity index is 265. The molecular weight excluding hydrogens is 246 g/mol. The molecule has 0 aromatic heterocycles. The van der Waals surface area contributed by atoms with Gasteiger partial charge in [0.15, 0.2) is 0 Å². The van der Waals surface area contributed by atoms with Crippen LogP contribution in [0, 0.1) is 11.8 Å². The molecule has 2 N–H and O–H groups in total. The van der Waals surface area contributed by atoms with Crippen molar-refractivity contribution in [3.8, 4) is 0 Å². The smallest absolute Gasteiger partial charge is 0.0358 e. The van der Waals surface area contributed by atoms with Gasteiger partial charge in [0.1, 0.15) is 0 Å². The highest BCUT2D eigenvalue weighted by Crippen LogP contribution is 2.31. The first-order chi connectivity index (χ1) is 9.30. The van der Waals surface area contributed by atoms with Crippen molar-refractivity contribution in [2.45, 2.75) is 66.0 Å². The summed E-state index contributed by atoms with van der Waals surface area (Å²) in [6.45, 7) is 19.5. The number of hydrogen-bond donors (Lipinski definition) is 1. The summed E-state index contributed by atoms with van der Waals surface area (Å²) in [5.74, 6) is 1.46. The molecule has 1 saturated heterocycles. The van der Waals surface area contributed by atoms with Crippen LogP contribution in [0.2, 0.25) is 0 Å². The van der Waals surface area contributed by atoms with E-state index in [0.29, 0.717) is 12.0 Å². The quantitative estimate of drug-likeness (QED) is 0.780. The van der Waals surface area contributed by atoms with E-state index >= 15 is 0 Å². The molecule has 3 nitrogen and oxygen atoms in total. The summed E-state index contributed by atoms with van der Waals surface area (Å²) in [7, 11) is 0. The Morgan fingerprint density at radius 2 is 1.55 bits per heavy atom. The average molecular weight is 284 g/mol. The first-order valence-electron chi connectivity index (χ1n) is 8.50. The highest BCUT2D eigenvalue weighted by Gasteiger charge is 2.39. The minimum Gasteiger partial charge on any atom is -0.329 e. The van der Waals surface area contributed by atoms with Crippen LogP contribution in [0.25, 0.3) is 0 Å². The van der Waals surface area contributed by atoms with Gasteiger partial charge in [0.05, 0.1) is 0 Å². The van der Waals surface area contributed by atoms with Crippen LogP contribution in [-0.4, -0.2) is 54.1 Å². The number of rotatable bonds is 7. The van der Waals surface area contributed by atoms with Gasteiger partial charge >= 0.3 is 0 Å². The van der Waals surface area contributed by atoms with Gasteiger partial charge in [0.2, 0.25) is 0 Å². The second-order valence-electron chi connectivity index (χ2n) is 7.76. The molecule has 0 unspecified atom stereocenters. The van der Waals surface area contributed by atoms with Crippen LogP contribution in [-0.2, 0) is 0 Å². The van der Waals surface area contributed by atoms with E-state index in [1.165, 1.54) is 39.0 Å². The maximum Gasteiger partial charge on any atom is 0.0358 e. The zero-order chi connectivity index (χ0) is 15.3. The van der Waals surface area contributed by atoms with Crippen molar-refractivity contribution >= 4 is 0 Å². The molecule has 1 heterocycles. The molecule has 1 aliphatic heterocycles. The van der Waals surface area contributed by atoms with Crippen molar-refractivity contribution < 1.29 is 0 Å². The number of likely N-dealkylation sites (tertiary alicyclic amines) is 1. The number of nitrogens with zero attached hydrogens (tertiary/aromatic N) is 2. The van der Waals surface area contributed by atoms with Gasteiger partial charge < -0.3 is 10.6 Å². The monoisotopic (exact) mass is 283 g/mol. The Morgan fingerprint density at radius 3 is 1.90 bits per heavy atom. The molecule has 0 amide bonds. The molecular formula is C17H37N3. The maximum absolute atomic E-state index is 6.24. The van der Waals surface area contributed by atoms with Gasteiger partial charge in [-0.1, -0.05) is 27.7 Å². The highest BCUT2D eigenvalue weighted by atomic mass is 15.3. The summed E-state index contributed by atoms with van der Waals surface area (Å²) >= 11 is 0. The van der Waals surface area contributed by atoms with Crippen molar-refractivity contribution in [2.75, 3.05) is 32.7 Å². The van der Waals surface area contributed by atoms with E-state index in [-0.39, 0.29) is 5.54 Å². The standard InChI is InChI=1S/C17H37N3/c1-14(2)11-19-9-7-17(13-18,8-10-19)20(16(5)6)12-15(3)4/h14-16H,7-13,18H2,1-6H3. The van der Waals surface area contributed by atoms with E-state index in [0.717, 1.165) is 12.5 Å². The van der Waals surface area contributed by atoms with Crippen LogP contribution in [0.1, 0.15) is 54.4 Å². The van der Waals surface area contributed by atoms with E-state index in [1.54, 1.807) is 0 Å². The van der Waals surface area contributed by atoms with Crippen LogP contribution in [0.3, 0.4) is 0 Å². The fourth-order valence-electron chi connectivity index (χ4n) is 3.62. The van der Waals surface area contributed by atoms with Crippen LogP contribution >= 0.6 is 0 Å². The lowest BCUT2D eigenvalue weighted by Crippen LogP contribution is -2.62. The third-order valence-corrected chi connectivity index (χ3v) is 4.58. The molecule has 0 bridgehead atoms. The zero-order valence-electron chi connectivity index (χ0n) is 14.7. The number of piperidine rings is 1. The van der Waals surface area contributed by atoms with Gasteiger partial charge in [-0.3, -0.25) is 4.90 Å². The topological polar surface area (TPSA) is 32.5 Å². The molecule has 1 rings (SSSR count). The second kappa shape index (κ2) is 7.77. The fourth-order valence-corrected chi connectivity index (χ4v) is 3.62. The van der Waals surface area contributed by atoms with E-state index in [9.17, 15) is 0 Å². The lowest BCUT2D eigenvalue weighted by Gasteiger charge is -2.51. The van der Waals surface area contributed by atoms with Crippen molar-refractivity contribution in [1.29, 1.82) is 0 Å². The minimum absolute atomic E-state index is 0.228. The number of hydrogen-bond acceptors (Lipinski definition) is 3. The molecule has 3 heteroatoms. The van der Waals surface area contributed by atoms with Gasteiger partial charge in [-0.25, -0.2) is 0 Å². The summed E-state index contributed by atoms with van der Waals surface area (Å²) in [6.07, 6.45) is 2.45. The van der Waals surface area contributed by atoms with Crippen molar-refractivity contribution in [1.82, 2.24) is 9.80 Å². The third-order valence-electron chi connectivity index (χ3n) is 4.58. The molecule has 20 heavy (non-hydrogen) atoms. The molecule has 1 fully saturated rings. The summed E-state index contributed by atoms with van der Waals surface area (Å²) in [6, 6.07) is 0.581. The summed E-state index contributed by atoms with van der Waals surface area (Å²) in [5, 5.41) is 0. The van der Waals surface area contributed by atoms with E-state index in [4.69, 9.17) is 5.73 Å². The minimum atomic E-state index is 0.228. The van der Waals surface area contributed by atoms with Crippen LogP contribution in [0.15, 0.2) is 0 Å². The molecule has 0 aromatic rings. The average Bonchev–Trinajstić information content (AvgIpc) is 2.36. The SMILES string of the molecule is CC(C)CN1CCC(CN)(N(CC(C)C)C(C)C)CC1. The summed E-state index contributed by atoms with van der Waals surface area (Å²) in [5.41, 5.74) is 6.47. The third kappa shape index (κ3) is 4.71. The van der Waals surface area contributed by atoms with E-state index in [1.807, 2.05) is 0 Å². The van der Waals surface area contributed by atoms with Gasteiger partial charge in [0.25, 0.3) is 0 Å². The molecule has 0 radical (unpaired) electrons. The van der Waals surface area contributed by atoms with E-state index in [2.05, 4.69) is 51.3 Å². The van der Waals surface area contributed by atoms with Gasteiger partial charge in [-0.2, -0.15) is 0 Å². The Balaban J connectivity index is 2.72. The normalized spacial score (nSPS) is 20.6. The maximum atomic E-state index is 6.24. The number of nitrogens with two attached hydrogens (primary N) is 1. The van der Waals surface area contributed by atoms with Gasteiger partial charge in [-0.15, -0.1) is 0 Å². The van der Waals surface area contributed by atoms with Crippen LogP contribution in [0.4, 0.5) is 0 Å². The Morgan fingerprint density at radius 1 is 1.00 bits per heavy atom.